The van der Waals surface area contributed by atoms with Crippen LogP contribution in [0.3, 0.4) is 0 Å². The molecule has 1 fully saturated rings. The van der Waals surface area contributed by atoms with E-state index in [1.54, 1.807) is 0 Å². The second-order valence-electron chi connectivity index (χ2n) is 5.05. The second-order valence-corrected chi connectivity index (χ2v) is 5.05. The Balaban J connectivity index is 2.00. The van der Waals surface area contributed by atoms with Gasteiger partial charge in [-0.2, -0.15) is 0 Å². The van der Waals surface area contributed by atoms with E-state index in [0.717, 1.165) is 18.7 Å². The molecule has 2 rings (SSSR count). The summed E-state index contributed by atoms with van der Waals surface area (Å²) < 4.78 is 0. The van der Waals surface area contributed by atoms with Crippen LogP contribution in [0.1, 0.15) is 44.3 Å². The van der Waals surface area contributed by atoms with Crippen molar-refractivity contribution in [3.8, 4) is 0 Å². The highest BCUT2D eigenvalue weighted by Crippen LogP contribution is 2.23. The minimum atomic E-state index is -0.366. The first-order valence-corrected chi connectivity index (χ1v) is 6.76. The number of hydrogen-bond acceptors (Lipinski definition) is 2. The maximum atomic E-state index is 10.4. The van der Waals surface area contributed by atoms with Crippen molar-refractivity contribution in [3.63, 3.8) is 0 Å². The van der Waals surface area contributed by atoms with E-state index >= 15 is 0 Å². The van der Waals surface area contributed by atoms with Crippen LogP contribution in [0.15, 0.2) is 30.3 Å². The van der Waals surface area contributed by atoms with Crippen LogP contribution in [0, 0.1) is 0 Å². The molecule has 1 aromatic rings. The van der Waals surface area contributed by atoms with Crippen molar-refractivity contribution in [2.75, 3.05) is 13.1 Å². The zero-order valence-electron chi connectivity index (χ0n) is 10.7. The summed E-state index contributed by atoms with van der Waals surface area (Å²) >= 11 is 0. The third-order valence-corrected chi connectivity index (χ3v) is 3.81. The molecule has 0 amide bonds. The normalized spacial score (nSPS) is 21.8. The summed E-state index contributed by atoms with van der Waals surface area (Å²) in [4.78, 5) is 2.44. The van der Waals surface area contributed by atoms with Crippen LogP contribution in [-0.4, -0.2) is 29.1 Å². The topological polar surface area (TPSA) is 23.5 Å². The molecule has 0 bridgehead atoms. The Kier molecular flexibility index (Phi) is 4.57. The number of likely N-dealkylation sites (tertiary alicyclic amines) is 1. The Hall–Kier alpha value is -0.860. The summed E-state index contributed by atoms with van der Waals surface area (Å²) in [7, 11) is 0. The molecule has 1 saturated heterocycles. The molecule has 17 heavy (non-hydrogen) atoms. The molecule has 1 aliphatic heterocycles. The third-order valence-electron chi connectivity index (χ3n) is 3.81. The van der Waals surface area contributed by atoms with Crippen molar-refractivity contribution in [1.82, 2.24) is 4.90 Å². The Labute approximate surface area is 104 Å². The first-order valence-electron chi connectivity index (χ1n) is 6.76. The lowest BCUT2D eigenvalue weighted by molar-refractivity contribution is 0.0598. The van der Waals surface area contributed by atoms with E-state index in [0.29, 0.717) is 0 Å². The minimum absolute atomic E-state index is 0.218. The predicted octanol–water partition coefficient (Wildman–Crippen LogP) is 2.98. The molecule has 94 valence electrons. The maximum absolute atomic E-state index is 10.4. The summed E-state index contributed by atoms with van der Waals surface area (Å²) in [6.45, 7) is 4.40. The first kappa shape index (κ1) is 12.6. The molecule has 2 heteroatoms. The predicted molar refractivity (Wildman–Crippen MR) is 70.9 cm³/mol. The second kappa shape index (κ2) is 6.18. The van der Waals surface area contributed by atoms with Crippen molar-refractivity contribution >= 4 is 0 Å². The molecule has 0 aliphatic carbocycles. The molecular weight excluding hydrogens is 210 g/mol. The fraction of sp³-hybridized carbons (Fsp3) is 0.600. The highest BCUT2D eigenvalue weighted by Gasteiger charge is 2.23. The number of benzene rings is 1. The molecule has 0 unspecified atom stereocenters. The standard InChI is InChI=1S/C15H23NO/c1-13(16-11-7-2-3-8-12-16)15(17)14-9-5-4-6-10-14/h4-6,9-10,13,15,17H,2-3,7-8,11-12H2,1H3/t13-,15-/m1/s1. The molecule has 0 spiro atoms. The molecule has 1 aromatic carbocycles. The quantitative estimate of drug-likeness (QED) is 0.867. The molecule has 2 nitrogen and oxygen atoms in total. The summed E-state index contributed by atoms with van der Waals surface area (Å²) in [5, 5.41) is 10.4. The molecule has 0 aromatic heterocycles. The SMILES string of the molecule is C[C@H]([C@@H](O)c1ccccc1)N1CCCCCC1. The maximum Gasteiger partial charge on any atom is 0.0942 e. The van der Waals surface area contributed by atoms with Gasteiger partial charge in [-0.1, -0.05) is 43.2 Å². The van der Waals surface area contributed by atoms with Crippen LogP contribution in [0.5, 0.6) is 0 Å². The fourth-order valence-electron chi connectivity index (χ4n) is 2.63. The molecule has 1 N–H and O–H groups in total. The lowest BCUT2D eigenvalue weighted by Gasteiger charge is -2.31. The molecular formula is C15H23NO. The Morgan fingerprint density at radius 3 is 2.18 bits per heavy atom. The van der Waals surface area contributed by atoms with E-state index in [1.807, 2.05) is 30.3 Å². The number of aliphatic hydroxyl groups is 1. The monoisotopic (exact) mass is 233 g/mol. The van der Waals surface area contributed by atoms with E-state index in [-0.39, 0.29) is 12.1 Å². The van der Waals surface area contributed by atoms with E-state index < -0.39 is 0 Å². The summed E-state index contributed by atoms with van der Waals surface area (Å²) in [6, 6.07) is 10.2. The van der Waals surface area contributed by atoms with Crippen molar-refractivity contribution in [2.24, 2.45) is 0 Å². The average Bonchev–Trinajstić information content (AvgIpc) is 2.67. The summed E-state index contributed by atoms with van der Waals surface area (Å²) in [6.07, 6.45) is 4.85. The van der Waals surface area contributed by atoms with Crippen molar-refractivity contribution < 1.29 is 5.11 Å². The largest absolute Gasteiger partial charge is 0.387 e. The van der Waals surface area contributed by atoms with Crippen LogP contribution >= 0.6 is 0 Å². The van der Waals surface area contributed by atoms with Gasteiger partial charge in [-0.15, -0.1) is 0 Å². The van der Waals surface area contributed by atoms with Gasteiger partial charge in [-0.25, -0.2) is 0 Å². The molecule has 0 radical (unpaired) electrons. The highest BCUT2D eigenvalue weighted by atomic mass is 16.3. The van der Waals surface area contributed by atoms with Gasteiger partial charge in [0.2, 0.25) is 0 Å². The van der Waals surface area contributed by atoms with E-state index in [9.17, 15) is 5.11 Å². The minimum Gasteiger partial charge on any atom is -0.387 e. The van der Waals surface area contributed by atoms with Gasteiger partial charge in [0.1, 0.15) is 0 Å². The van der Waals surface area contributed by atoms with Crippen LogP contribution in [0.2, 0.25) is 0 Å². The molecule has 1 aliphatic rings. The molecule has 2 atom stereocenters. The average molecular weight is 233 g/mol. The number of rotatable bonds is 3. The van der Waals surface area contributed by atoms with E-state index in [4.69, 9.17) is 0 Å². The number of hydrogen-bond donors (Lipinski definition) is 1. The van der Waals surface area contributed by atoms with Crippen molar-refractivity contribution in [3.05, 3.63) is 35.9 Å². The lowest BCUT2D eigenvalue weighted by Crippen LogP contribution is -2.38. The van der Waals surface area contributed by atoms with Gasteiger partial charge in [0.05, 0.1) is 6.10 Å². The van der Waals surface area contributed by atoms with Gasteiger partial charge in [-0.3, -0.25) is 4.90 Å². The van der Waals surface area contributed by atoms with Crippen LogP contribution < -0.4 is 0 Å². The Morgan fingerprint density at radius 2 is 1.59 bits per heavy atom. The van der Waals surface area contributed by atoms with Gasteiger partial charge in [0, 0.05) is 6.04 Å². The van der Waals surface area contributed by atoms with Crippen LogP contribution in [0.25, 0.3) is 0 Å². The summed E-state index contributed by atoms with van der Waals surface area (Å²) in [5.41, 5.74) is 1.03. The third kappa shape index (κ3) is 3.30. The fourth-order valence-corrected chi connectivity index (χ4v) is 2.63. The molecule has 1 heterocycles. The smallest absolute Gasteiger partial charge is 0.0942 e. The summed E-state index contributed by atoms with van der Waals surface area (Å²) in [5.74, 6) is 0. The van der Waals surface area contributed by atoms with E-state index in [1.165, 1.54) is 25.7 Å². The Morgan fingerprint density at radius 1 is 1.00 bits per heavy atom. The van der Waals surface area contributed by atoms with Crippen LogP contribution in [-0.2, 0) is 0 Å². The highest BCUT2D eigenvalue weighted by molar-refractivity contribution is 5.18. The molecule has 0 saturated carbocycles. The lowest BCUT2D eigenvalue weighted by atomic mass is 10.0. The van der Waals surface area contributed by atoms with Gasteiger partial charge >= 0.3 is 0 Å². The number of nitrogens with zero attached hydrogens (tertiary/aromatic N) is 1. The van der Waals surface area contributed by atoms with Gasteiger partial charge < -0.3 is 5.11 Å². The zero-order valence-corrected chi connectivity index (χ0v) is 10.7. The van der Waals surface area contributed by atoms with Crippen LogP contribution in [0.4, 0.5) is 0 Å². The Bertz CT molecular complexity index is 317. The van der Waals surface area contributed by atoms with Gasteiger partial charge in [0.25, 0.3) is 0 Å². The van der Waals surface area contributed by atoms with E-state index in [2.05, 4.69) is 11.8 Å². The first-order chi connectivity index (χ1) is 8.29. The van der Waals surface area contributed by atoms with Crippen molar-refractivity contribution in [1.29, 1.82) is 0 Å². The van der Waals surface area contributed by atoms with Gasteiger partial charge in [-0.05, 0) is 38.4 Å². The van der Waals surface area contributed by atoms with Crippen molar-refractivity contribution in [2.45, 2.75) is 44.8 Å². The zero-order chi connectivity index (χ0) is 12.1. The number of aliphatic hydroxyl groups excluding tert-OH is 1. The van der Waals surface area contributed by atoms with Gasteiger partial charge in [0.15, 0.2) is 0 Å².